The van der Waals surface area contributed by atoms with E-state index < -0.39 is 15.8 Å². The average Bonchev–Trinajstić information content (AvgIpc) is 2.87. The van der Waals surface area contributed by atoms with Crippen LogP contribution in [0.2, 0.25) is 0 Å². The maximum atomic E-state index is 12.5. The summed E-state index contributed by atoms with van der Waals surface area (Å²) in [4.78, 5) is 14.2. The quantitative estimate of drug-likeness (QED) is 0.756. The first-order valence-corrected chi connectivity index (χ1v) is 11.1. The highest BCUT2D eigenvalue weighted by Gasteiger charge is 2.33. The van der Waals surface area contributed by atoms with Gasteiger partial charge in [0.15, 0.2) is 0 Å². The van der Waals surface area contributed by atoms with Crippen LogP contribution in [0.25, 0.3) is 0 Å². The summed E-state index contributed by atoms with van der Waals surface area (Å²) in [6, 6.07) is 0.00793. The van der Waals surface area contributed by atoms with Crippen LogP contribution in [0.1, 0.15) is 45.4 Å². The van der Waals surface area contributed by atoms with Crippen LogP contribution in [-0.4, -0.2) is 57.2 Å². The minimum atomic E-state index is -3.53. The van der Waals surface area contributed by atoms with E-state index in [9.17, 15) is 13.2 Å². The van der Waals surface area contributed by atoms with Crippen LogP contribution in [0.4, 0.5) is 0 Å². The van der Waals surface area contributed by atoms with Crippen LogP contribution >= 0.6 is 12.4 Å². The fraction of sp³-hybridized carbons (Fsp3) is 0.941. The van der Waals surface area contributed by atoms with Crippen molar-refractivity contribution < 1.29 is 13.2 Å². The molecule has 2 aliphatic heterocycles. The number of hydrogen-bond donors (Lipinski definition) is 2. The zero-order valence-corrected chi connectivity index (χ0v) is 16.7. The Labute approximate surface area is 157 Å². The first-order chi connectivity index (χ1) is 11.4. The normalized spacial score (nSPS) is 33.2. The van der Waals surface area contributed by atoms with E-state index in [0.717, 1.165) is 51.6 Å². The molecule has 6 nitrogen and oxygen atoms in total. The minimum absolute atomic E-state index is 0. The summed E-state index contributed by atoms with van der Waals surface area (Å²) in [6.07, 6.45) is 5.85. The third-order valence-corrected chi connectivity index (χ3v) is 7.37. The number of halogens is 1. The van der Waals surface area contributed by atoms with Gasteiger partial charge in [-0.05, 0) is 69.4 Å². The van der Waals surface area contributed by atoms with Crippen molar-refractivity contribution in [2.24, 2.45) is 17.8 Å². The zero-order valence-electron chi connectivity index (χ0n) is 15.1. The third-order valence-electron chi connectivity index (χ3n) is 6.05. The Hall–Kier alpha value is -0.370. The molecule has 3 fully saturated rings. The molecule has 0 bridgehead atoms. The van der Waals surface area contributed by atoms with Crippen LogP contribution in [0.15, 0.2) is 0 Å². The Balaban J connectivity index is 0.00000225. The highest BCUT2D eigenvalue weighted by Crippen LogP contribution is 2.27. The van der Waals surface area contributed by atoms with Gasteiger partial charge in [-0.1, -0.05) is 6.92 Å². The van der Waals surface area contributed by atoms with Crippen molar-refractivity contribution in [2.45, 2.75) is 51.5 Å². The van der Waals surface area contributed by atoms with Crippen LogP contribution in [0.5, 0.6) is 0 Å². The van der Waals surface area contributed by atoms with Crippen molar-refractivity contribution in [3.05, 3.63) is 0 Å². The number of carbonyl (C=O) groups is 1. The molecule has 0 unspecified atom stereocenters. The number of hydrogen-bond acceptors (Lipinski definition) is 4. The van der Waals surface area contributed by atoms with E-state index in [1.807, 2.05) is 0 Å². The molecule has 2 heterocycles. The summed E-state index contributed by atoms with van der Waals surface area (Å²) in [5, 5.41) is 3.41. The van der Waals surface area contributed by atoms with Gasteiger partial charge in [-0.15, -0.1) is 12.4 Å². The number of nitrogens with one attached hydrogen (secondary N) is 2. The van der Waals surface area contributed by atoms with E-state index in [0.29, 0.717) is 30.8 Å². The Morgan fingerprint density at radius 3 is 2.16 bits per heavy atom. The maximum Gasteiger partial charge on any atom is 0.239 e. The van der Waals surface area contributed by atoms with Gasteiger partial charge in [0.05, 0.1) is 0 Å². The van der Waals surface area contributed by atoms with Gasteiger partial charge in [0.1, 0.15) is 5.75 Å². The molecule has 2 saturated heterocycles. The fourth-order valence-electron chi connectivity index (χ4n) is 4.39. The zero-order chi connectivity index (χ0) is 17.2. The molecule has 0 radical (unpaired) electrons. The van der Waals surface area contributed by atoms with Crippen molar-refractivity contribution in [3.8, 4) is 0 Å². The summed E-state index contributed by atoms with van der Waals surface area (Å²) in [5.74, 6) is 1.33. The highest BCUT2D eigenvalue weighted by atomic mass is 35.5. The summed E-state index contributed by atoms with van der Waals surface area (Å²) in [7, 11) is -3.53. The van der Waals surface area contributed by atoms with E-state index in [4.69, 9.17) is 0 Å². The summed E-state index contributed by atoms with van der Waals surface area (Å²) < 4.78 is 27.4. The lowest BCUT2D eigenvalue weighted by molar-refractivity contribution is -0.128. The third kappa shape index (κ3) is 5.81. The van der Waals surface area contributed by atoms with E-state index in [1.54, 1.807) is 4.90 Å². The Bertz CT molecular complexity index is 535. The molecule has 1 amide bonds. The van der Waals surface area contributed by atoms with Gasteiger partial charge in [0, 0.05) is 19.1 Å². The lowest BCUT2D eigenvalue weighted by Crippen LogP contribution is -2.44. The number of carbonyl (C=O) groups excluding carboxylic acids is 1. The van der Waals surface area contributed by atoms with Gasteiger partial charge in [-0.3, -0.25) is 4.79 Å². The fourth-order valence-corrected chi connectivity index (χ4v) is 5.73. The molecule has 0 aromatic carbocycles. The van der Waals surface area contributed by atoms with E-state index in [2.05, 4.69) is 17.0 Å². The summed E-state index contributed by atoms with van der Waals surface area (Å²) in [6.45, 7) is 5.66. The van der Waals surface area contributed by atoms with Crippen LogP contribution < -0.4 is 10.0 Å². The largest absolute Gasteiger partial charge is 0.342 e. The molecule has 25 heavy (non-hydrogen) atoms. The van der Waals surface area contributed by atoms with Gasteiger partial charge >= 0.3 is 0 Å². The smallest absolute Gasteiger partial charge is 0.239 e. The number of sulfonamides is 1. The minimum Gasteiger partial charge on any atom is -0.342 e. The van der Waals surface area contributed by atoms with E-state index >= 15 is 0 Å². The van der Waals surface area contributed by atoms with Crippen molar-refractivity contribution in [1.82, 2.24) is 14.9 Å². The topological polar surface area (TPSA) is 78.5 Å². The molecule has 8 heteroatoms. The van der Waals surface area contributed by atoms with Gasteiger partial charge < -0.3 is 10.2 Å². The van der Waals surface area contributed by atoms with E-state index in [-0.39, 0.29) is 24.4 Å². The molecule has 3 aliphatic rings. The van der Waals surface area contributed by atoms with Crippen molar-refractivity contribution in [2.75, 3.05) is 31.9 Å². The van der Waals surface area contributed by atoms with Crippen molar-refractivity contribution in [1.29, 1.82) is 0 Å². The van der Waals surface area contributed by atoms with Crippen LogP contribution in [0.3, 0.4) is 0 Å². The second-order valence-electron chi connectivity index (χ2n) is 7.97. The van der Waals surface area contributed by atoms with Gasteiger partial charge in [0.2, 0.25) is 15.9 Å². The molecular formula is C17H32ClN3O3S. The van der Waals surface area contributed by atoms with Crippen molar-refractivity contribution in [3.63, 3.8) is 0 Å². The molecular weight excluding hydrogens is 362 g/mol. The molecule has 2 N–H and O–H groups in total. The first kappa shape index (κ1) is 20.9. The monoisotopic (exact) mass is 393 g/mol. The number of amides is 1. The summed E-state index contributed by atoms with van der Waals surface area (Å²) >= 11 is 0. The second-order valence-corrected chi connectivity index (χ2v) is 9.72. The summed E-state index contributed by atoms with van der Waals surface area (Å²) in [5.41, 5.74) is 0. The van der Waals surface area contributed by atoms with Crippen LogP contribution in [-0.2, 0) is 14.8 Å². The van der Waals surface area contributed by atoms with Gasteiger partial charge in [0.25, 0.3) is 0 Å². The Morgan fingerprint density at radius 1 is 1.04 bits per heavy atom. The molecule has 0 aromatic rings. The lowest BCUT2D eigenvalue weighted by atomic mass is 9.88. The molecule has 3 rings (SSSR count). The Morgan fingerprint density at radius 2 is 1.60 bits per heavy atom. The standard InChI is InChI=1S/C17H31N3O3S.ClH/c1-13-2-4-16(5-3-13)19-24(22,23)12-17(21)20-8-6-14-10-18-11-15(14)7-9-20;/h13-16,18-19H,2-12H2,1H3;1H/t13?,14-,15+,16?;. The lowest BCUT2D eigenvalue weighted by Gasteiger charge is -2.27. The molecule has 0 aromatic heterocycles. The number of likely N-dealkylation sites (tertiary alicyclic amines) is 1. The molecule has 1 aliphatic carbocycles. The van der Waals surface area contributed by atoms with Crippen molar-refractivity contribution >= 4 is 28.3 Å². The molecule has 146 valence electrons. The Kier molecular flexibility index (Phi) is 7.55. The first-order valence-electron chi connectivity index (χ1n) is 9.41. The second kappa shape index (κ2) is 9.02. The van der Waals surface area contributed by atoms with Gasteiger partial charge in [-0.25, -0.2) is 13.1 Å². The van der Waals surface area contributed by atoms with Gasteiger partial charge in [-0.2, -0.15) is 0 Å². The molecule has 1 saturated carbocycles. The molecule has 2 atom stereocenters. The van der Waals surface area contributed by atoms with E-state index in [1.165, 1.54) is 0 Å². The predicted molar refractivity (Wildman–Crippen MR) is 101 cm³/mol. The molecule has 0 spiro atoms. The predicted octanol–water partition coefficient (Wildman–Crippen LogP) is 1.36. The average molecular weight is 394 g/mol. The highest BCUT2D eigenvalue weighted by molar-refractivity contribution is 7.90. The SMILES string of the molecule is CC1CCC(NS(=O)(=O)CC(=O)N2CC[C@@H]3CNC[C@@H]3CC2)CC1.Cl. The maximum absolute atomic E-state index is 12.5. The van der Waals surface area contributed by atoms with Crippen LogP contribution in [0, 0.1) is 17.8 Å². The number of fused-ring (bicyclic) bond motifs is 1. The number of rotatable bonds is 4. The number of nitrogens with zero attached hydrogens (tertiary/aromatic N) is 1.